The van der Waals surface area contributed by atoms with Gasteiger partial charge in [-0.25, -0.2) is 4.79 Å². The van der Waals surface area contributed by atoms with Gasteiger partial charge >= 0.3 is 5.97 Å². The zero-order chi connectivity index (χ0) is 11.8. The van der Waals surface area contributed by atoms with E-state index in [0.29, 0.717) is 24.2 Å². The lowest BCUT2D eigenvalue weighted by Crippen LogP contribution is -2.00. The van der Waals surface area contributed by atoms with Crippen LogP contribution in [0.25, 0.3) is 0 Å². The van der Waals surface area contributed by atoms with Gasteiger partial charge in [0.05, 0.1) is 24.5 Å². The fraction of sp³-hybridized carbons (Fsp3) is 0.167. The van der Waals surface area contributed by atoms with Gasteiger partial charge in [0.2, 0.25) is 0 Å². The van der Waals surface area contributed by atoms with Gasteiger partial charge in [-0.05, 0) is 19.1 Å². The van der Waals surface area contributed by atoms with Crippen LogP contribution in [0.15, 0.2) is 36.6 Å². The third-order valence-electron chi connectivity index (χ3n) is 1.73. The number of rotatable bonds is 5. The third-order valence-corrected chi connectivity index (χ3v) is 1.73. The van der Waals surface area contributed by atoms with Crippen LogP contribution in [0.5, 0.6) is 5.75 Å². The summed E-state index contributed by atoms with van der Waals surface area (Å²) < 4.78 is 9.79. The molecule has 0 aromatic heterocycles. The maximum Gasteiger partial charge on any atom is 0.333 e. The predicted octanol–water partition coefficient (Wildman–Crippen LogP) is 1.95. The van der Waals surface area contributed by atoms with Crippen LogP contribution in [0, 0.1) is 0 Å². The highest BCUT2D eigenvalue weighted by molar-refractivity contribution is 5.82. The van der Waals surface area contributed by atoms with Gasteiger partial charge in [0, 0.05) is 0 Å². The summed E-state index contributed by atoms with van der Waals surface area (Å²) in [7, 11) is 0. The molecule has 0 saturated heterocycles. The summed E-state index contributed by atoms with van der Waals surface area (Å²) in [5.41, 5.74) is 0.427. The molecule has 1 aromatic rings. The van der Waals surface area contributed by atoms with E-state index < -0.39 is 5.97 Å². The van der Waals surface area contributed by atoms with Crippen molar-refractivity contribution < 1.29 is 19.1 Å². The molecule has 0 spiro atoms. The van der Waals surface area contributed by atoms with Crippen molar-refractivity contribution in [3.8, 4) is 5.75 Å². The maximum atomic E-state index is 10.9. The molecule has 84 valence electrons. The lowest BCUT2D eigenvalue weighted by molar-refractivity contribution is -0.137. The number of ether oxygens (including phenoxy) is 2. The summed E-state index contributed by atoms with van der Waals surface area (Å²) >= 11 is 0. The van der Waals surface area contributed by atoms with E-state index in [4.69, 9.17) is 4.74 Å². The second-order valence-electron chi connectivity index (χ2n) is 2.83. The average Bonchev–Trinajstić information content (AvgIpc) is 2.30. The molecule has 4 heteroatoms. The molecule has 1 rings (SSSR count). The minimum Gasteiger partial charge on any atom is -0.464 e. The Morgan fingerprint density at radius 2 is 2.12 bits per heavy atom. The standard InChI is InChI=1S/C12H12O4/c1-2-15-12(14)7-8-16-11-6-4-3-5-10(11)9-13/h3-9H,2H2,1H3. The highest BCUT2D eigenvalue weighted by atomic mass is 16.5. The summed E-state index contributed by atoms with van der Waals surface area (Å²) in [6.07, 6.45) is 3.04. The summed E-state index contributed by atoms with van der Waals surface area (Å²) in [6, 6.07) is 6.73. The van der Waals surface area contributed by atoms with Gasteiger partial charge in [-0.15, -0.1) is 0 Å². The van der Waals surface area contributed by atoms with Crippen molar-refractivity contribution in [2.45, 2.75) is 6.92 Å². The van der Waals surface area contributed by atoms with Crippen LogP contribution < -0.4 is 4.74 Å². The van der Waals surface area contributed by atoms with Crippen molar-refractivity contribution in [1.82, 2.24) is 0 Å². The van der Waals surface area contributed by atoms with Crippen LogP contribution in [0.3, 0.4) is 0 Å². The SMILES string of the molecule is CCOC(=O)C=COc1ccccc1C=O. The van der Waals surface area contributed by atoms with Gasteiger partial charge in [-0.1, -0.05) is 12.1 Å². The van der Waals surface area contributed by atoms with Crippen molar-refractivity contribution in [2.24, 2.45) is 0 Å². The average molecular weight is 220 g/mol. The normalized spacial score (nSPS) is 10.1. The fourth-order valence-corrected chi connectivity index (χ4v) is 1.04. The first-order valence-corrected chi connectivity index (χ1v) is 4.82. The highest BCUT2D eigenvalue weighted by Crippen LogP contribution is 2.15. The predicted molar refractivity (Wildman–Crippen MR) is 58.2 cm³/mol. The summed E-state index contributed by atoms with van der Waals surface area (Å²) in [4.78, 5) is 21.6. The number of benzene rings is 1. The first-order chi connectivity index (χ1) is 7.77. The van der Waals surface area contributed by atoms with Crippen molar-refractivity contribution in [1.29, 1.82) is 0 Å². The van der Waals surface area contributed by atoms with Crippen molar-refractivity contribution in [2.75, 3.05) is 6.61 Å². The Labute approximate surface area is 93.5 Å². The van der Waals surface area contributed by atoms with Gasteiger partial charge in [-0.3, -0.25) is 4.79 Å². The van der Waals surface area contributed by atoms with Crippen LogP contribution >= 0.6 is 0 Å². The first-order valence-electron chi connectivity index (χ1n) is 4.82. The van der Waals surface area contributed by atoms with Crippen molar-refractivity contribution in [3.05, 3.63) is 42.2 Å². The Morgan fingerprint density at radius 1 is 1.38 bits per heavy atom. The van der Waals surface area contributed by atoms with Gasteiger partial charge in [0.1, 0.15) is 5.75 Å². The highest BCUT2D eigenvalue weighted by Gasteiger charge is 1.99. The van der Waals surface area contributed by atoms with E-state index >= 15 is 0 Å². The Hall–Kier alpha value is -2.10. The summed E-state index contributed by atoms with van der Waals surface area (Å²) in [6.45, 7) is 2.03. The number of carbonyl (C=O) groups is 2. The monoisotopic (exact) mass is 220 g/mol. The number of esters is 1. The number of para-hydroxylation sites is 1. The van der Waals surface area contributed by atoms with Crippen molar-refractivity contribution >= 4 is 12.3 Å². The van der Waals surface area contributed by atoms with E-state index in [1.54, 1.807) is 31.2 Å². The molecule has 0 fully saturated rings. The van der Waals surface area contributed by atoms with Crippen LogP contribution in [0.4, 0.5) is 0 Å². The molecule has 0 unspecified atom stereocenters. The summed E-state index contributed by atoms with van der Waals surface area (Å²) in [5, 5.41) is 0. The number of hydrogen-bond donors (Lipinski definition) is 0. The third kappa shape index (κ3) is 3.57. The van der Waals surface area contributed by atoms with E-state index in [2.05, 4.69) is 4.74 Å². The second kappa shape index (κ2) is 6.40. The number of hydrogen-bond acceptors (Lipinski definition) is 4. The first kappa shape index (κ1) is 12.0. The fourth-order valence-electron chi connectivity index (χ4n) is 1.04. The quantitative estimate of drug-likeness (QED) is 0.329. The zero-order valence-corrected chi connectivity index (χ0v) is 8.88. The molecule has 0 heterocycles. The number of carbonyl (C=O) groups excluding carboxylic acids is 2. The molecule has 0 radical (unpaired) electrons. The van der Waals surface area contributed by atoms with Crippen LogP contribution in [0.2, 0.25) is 0 Å². The minimum absolute atomic E-state index is 0.314. The maximum absolute atomic E-state index is 10.9. The van der Waals surface area contributed by atoms with Gasteiger partial charge in [0.15, 0.2) is 6.29 Å². The van der Waals surface area contributed by atoms with E-state index in [9.17, 15) is 9.59 Å². The molecule has 4 nitrogen and oxygen atoms in total. The smallest absolute Gasteiger partial charge is 0.333 e. The Kier molecular flexibility index (Phi) is 4.79. The Balaban J connectivity index is 2.60. The molecule has 1 aromatic carbocycles. The molecule has 0 amide bonds. The van der Waals surface area contributed by atoms with E-state index in [1.165, 1.54) is 6.26 Å². The lowest BCUT2D eigenvalue weighted by Gasteiger charge is -2.02. The van der Waals surface area contributed by atoms with E-state index in [-0.39, 0.29) is 0 Å². The molecule has 0 aliphatic heterocycles. The Morgan fingerprint density at radius 3 is 2.81 bits per heavy atom. The number of aldehydes is 1. The van der Waals surface area contributed by atoms with Crippen LogP contribution in [0.1, 0.15) is 17.3 Å². The lowest BCUT2D eigenvalue weighted by atomic mass is 10.2. The molecule has 0 N–H and O–H groups in total. The zero-order valence-electron chi connectivity index (χ0n) is 8.88. The van der Waals surface area contributed by atoms with E-state index in [1.807, 2.05) is 0 Å². The second-order valence-corrected chi connectivity index (χ2v) is 2.83. The minimum atomic E-state index is -0.480. The molecule has 0 aliphatic carbocycles. The molecule has 0 aliphatic rings. The molecular weight excluding hydrogens is 208 g/mol. The van der Waals surface area contributed by atoms with Gasteiger partial charge in [-0.2, -0.15) is 0 Å². The molecular formula is C12H12O4. The van der Waals surface area contributed by atoms with Crippen LogP contribution in [-0.4, -0.2) is 18.9 Å². The van der Waals surface area contributed by atoms with E-state index in [0.717, 1.165) is 6.08 Å². The topological polar surface area (TPSA) is 52.6 Å². The Bertz CT molecular complexity index is 396. The van der Waals surface area contributed by atoms with Crippen LogP contribution in [-0.2, 0) is 9.53 Å². The van der Waals surface area contributed by atoms with Gasteiger partial charge < -0.3 is 9.47 Å². The molecule has 16 heavy (non-hydrogen) atoms. The largest absolute Gasteiger partial charge is 0.464 e. The summed E-state index contributed by atoms with van der Waals surface area (Å²) in [5.74, 6) is -0.0795. The molecule has 0 atom stereocenters. The van der Waals surface area contributed by atoms with Crippen molar-refractivity contribution in [3.63, 3.8) is 0 Å². The van der Waals surface area contributed by atoms with Gasteiger partial charge in [0.25, 0.3) is 0 Å². The molecule has 0 saturated carbocycles. The molecule has 0 bridgehead atoms.